The van der Waals surface area contributed by atoms with Crippen molar-refractivity contribution in [3.63, 3.8) is 0 Å². The van der Waals surface area contributed by atoms with Gasteiger partial charge >= 0.3 is 0 Å². The van der Waals surface area contributed by atoms with E-state index in [2.05, 4.69) is 0 Å². The van der Waals surface area contributed by atoms with E-state index in [0.717, 1.165) is 37.5 Å². The summed E-state index contributed by atoms with van der Waals surface area (Å²) in [6.45, 7) is 0.382. The van der Waals surface area contributed by atoms with E-state index in [9.17, 15) is 18.3 Å². The average molecular weight is 430 g/mol. The lowest BCUT2D eigenvalue weighted by Crippen LogP contribution is -2.47. The van der Waals surface area contributed by atoms with Crippen LogP contribution in [0.4, 0.5) is 0 Å². The maximum atomic E-state index is 13.5. The number of phenols is 1. The van der Waals surface area contributed by atoms with Gasteiger partial charge in [0.15, 0.2) is 0 Å². The van der Waals surface area contributed by atoms with Crippen LogP contribution >= 0.6 is 0 Å². The Kier molecular flexibility index (Phi) is 6.22. The van der Waals surface area contributed by atoms with Gasteiger partial charge in [-0.25, -0.2) is 8.42 Å². The van der Waals surface area contributed by atoms with Gasteiger partial charge in [-0.1, -0.05) is 43.2 Å². The van der Waals surface area contributed by atoms with E-state index in [1.54, 1.807) is 0 Å². The first kappa shape index (κ1) is 21.0. The largest absolute Gasteiger partial charge is 0.508 e. The Morgan fingerprint density at radius 3 is 2.33 bits per heavy atom. The van der Waals surface area contributed by atoms with Crippen molar-refractivity contribution in [1.82, 2.24) is 4.31 Å². The van der Waals surface area contributed by atoms with Gasteiger partial charge in [0.1, 0.15) is 12.0 Å². The quantitative estimate of drug-likeness (QED) is 0.681. The smallest absolute Gasteiger partial charge is 0.244 e. The van der Waals surface area contributed by atoms with Crippen molar-refractivity contribution >= 4 is 16.3 Å². The van der Waals surface area contributed by atoms with Crippen molar-refractivity contribution in [2.45, 2.75) is 61.8 Å². The third-order valence-corrected chi connectivity index (χ3v) is 8.17. The van der Waals surface area contributed by atoms with Crippen molar-refractivity contribution in [2.24, 2.45) is 5.92 Å². The van der Waals surface area contributed by atoms with Gasteiger partial charge in [0, 0.05) is 0 Å². The Labute approximate surface area is 177 Å². The highest BCUT2D eigenvalue weighted by Crippen LogP contribution is 2.42. The molecule has 0 bridgehead atoms. The van der Waals surface area contributed by atoms with Crippen LogP contribution in [0.1, 0.15) is 37.7 Å². The standard InChI is InChI=1S/C23H27NO5S/c25-15-19-14-22(29-16-17-6-2-1-3-7-17)23(18-8-4-5-9-18)24(19)30(27,28)21-12-10-20(26)11-13-21/h1-3,6-7,10-13,15,18-19,22-23,26H,4-5,8-9,14,16H2/t19-,22+,23?/m1/s1. The SMILES string of the molecule is O=C[C@H]1C[C@H](OCc2ccccc2)C(C2CCCC2)N1S(=O)(=O)c1ccc(O)cc1. The molecule has 2 fully saturated rings. The Morgan fingerprint density at radius 1 is 1.03 bits per heavy atom. The van der Waals surface area contributed by atoms with Crippen LogP contribution in [0, 0.1) is 5.92 Å². The van der Waals surface area contributed by atoms with E-state index in [-0.39, 0.29) is 28.7 Å². The molecule has 1 heterocycles. The van der Waals surface area contributed by atoms with Crippen LogP contribution in [-0.2, 0) is 26.2 Å². The zero-order chi connectivity index (χ0) is 21.1. The molecule has 7 heteroatoms. The number of benzene rings is 2. The fourth-order valence-electron chi connectivity index (χ4n) is 4.81. The summed E-state index contributed by atoms with van der Waals surface area (Å²) in [5, 5.41) is 9.55. The predicted octanol–water partition coefficient (Wildman–Crippen LogP) is 3.50. The van der Waals surface area contributed by atoms with Crippen molar-refractivity contribution in [3.8, 4) is 5.75 Å². The van der Waals surface area contributed by atoms with Crippen LogP contribution in [0.2, 0.25) is 0 Å². The van der Waals surface area contributed by atoms with Crippen molar-refractivity contribution in [1.29, 1.82) is 0 Å². The first-order valence-corrected chi connectivity index (χ1v) is 11.9. The molecule has 2 aliphatic rings. The maximum Gasteiger partial charge on any atom is 0.244 e. The molecule has 1 saturated heterocycles. The summed E-state index contributed by atoms with van der Waals surface area (Å²) in [5.74, 6) is 0.168. The van der Waals surface area contributed by atoms with Crippen LogP contribution in [-0.4, -0.2) is 42.3 Å². The molecular weight excluding hydrogens is 402 g/mol. The summed E-state index contributed by atoms with van der Waals surface area (Å²) >= 11 is 0. The van der Waals surface area contributed by atoms with Gasteiger partial charge < -0.3 is 14.6 Å². The molecule has 1 N–H and O–H groups in total. The third-order valence-electron chi connectivity index (χ3n) is 6.23. The predicted molar refractivity (Wildman–Crippen MR) is 112 cm³/mol. The molecule has 1 unspecified atom stereocenters. The minimum Gasteiger partial charge on any atom is -0.508 e. The molecule has 6 nitrogen and oxygen atoms in total. The minimum absolute atomic E-state index is 0.00118. The lowest BCUT2D eigenvalue weighted by Gasteiger charge is -2.33. The molecule has 0 radical (unpaired) electrons. The molecule has 0 aromatic heterocycles. The van der Waals surface area contributed by atoms with Gasteiger partial charge in [-0.3, -0.25) is 0 Å². The van der Waals surface area contributed by atoms with Gasteiger partial charge in [-0.2, -0.15) is 4.31 Å². The number of carbonyl (C=O) groups excluding carboxylic acids is 1. The fourth-order valence-corrected chi connectivity index (χ4v) is 6.66. The molecule has 2 aromatic carbocycles. The topological polar surface area (TPSA) is 83.9 Å². The second kappa shape index (κ2) is 8.88. The number of hydrogen-bond donors (Lipinski definition) is 1. The Bertz CT molecular complexity index is 955. The summed E-state index contributed by atoms with van der Waals surface area (Å²) in [6.07, 6.45) is 4.74. The summed E-state index contributed by atoms with van der Waals surface area (Å²) in [6, 6.07) is 14.1. The molecule has 2 aromatic rings. The van der Waals surface area contributed by atoms with Gasteiger partial charge in [0.05, 0.1) is 29.7 Å². The summed E-state index contributed by atoms with van der Waals surface area (Å²) < 4.78 is 34.7. The number of sulfonamides is 1. The van der Waals surface area contributed by atoms with E-state index >= 15 is 0 Å². The van der Waals surface area contributed by atoms with Crippen LogP contribution in [0.3, 0.4) is 0 Å². The van der Waals surface area contributed by atoms with Gasteiger partial charge in [0.2, 0.25) is 10.0 Å². The Morgan fingerprint density at radius 2 is 1.70 bits per heavy atom. The second-order valence-electron chi connectivity index (χ2n) is 8.14. The van der Waals surface area contributed by atoms with Gasteiger partial charge in [0.25, 0.3) is 0 Å². The van der Waals surface area contributed by atoms with Crippen LogP contribution in [0.15, 0.2) is 59.5 Å². The molecule has 1 aliphatic heterocycles. The second-order valence-corrected chi connectivity index (χ2v) is 9.98. The van der Waals surface area contributed by atoms with Crippen molar-refractivity contribution in [3.05, 3.63) is 60.2 Å². The Balaban J connectivity index is 1.65. The molecule has 0 amide bonds. The van der Waals surface area contributed by atoms with Gasteiger partial charge in [-0.05, 0) is 55.0 Å². The van der Waals surface area contributed by atoms with Gasteiger partial charge in [-0.15, -0.1) is 0 Å². The lowest BCUT2D eigenvalue weighted by molar-refractivity contribution is -0.110. The summed E-state index contributed by atoms with van der Waals surface area (Å²) in [7, 11) is -3.91. The average Bonchev–Trinajstić information content (AvgIpc) is 3.41. The zero-order valence-corrected chi connectivity index (χ0v) is 17.6. The number of aldehydes is 1. The van der Waals surface area contributed by atoms with Crippen LogP contribution < -0.4 is 0 Å². The van der Waals surface area contributed by atoms with Crippen molar-refractivity contribution < 1.29 is 23.1 Å². The van der Waals surface area contributed by atoms with Crippen molar-refractivity contribution in [2.75, 3.05) is 0 Å². The Hall–Kier alpha value is -2.22. The fraction of sp³-hybridized carbons (Fsp3) is 0.435. The number of rotatable bonds is 7. The highest BCUT2D eigenvalue weighted by Gasteiger charge is 2.51. The number of ether oxygens (including phenoxy) is 1. The highest BCUT2D eigenvalue weighted by atomic mass is 32.2. The molecule has 1 saturated carbocycles. The van der Waals surface area contributed by atoms with E-state index in [1.165, 1.54) is 28.6 Å². The zero-order valence-electron chi connectivity index (χ0n) is 16.8. The van der Waals surface area contributed by atoms with Crippen LogP contribution in [0.5, 0.6) is 5.75 Å². The molecule has 3 atom stereocenters. The molecular formula is C23H27NO5S. The van der Waals surface area contributed by atoms with E-state index < -0.39 is 16.1 Å². The maximum absolute atomic E-state index is 13.5. The molecule has 1 aliphatic carbocycles. The van der Waals surface area contributed by atoms with Crippen LogP contribution in [0.25, 0.3) is 0 Å². The number of carbonyl (C=O) groups is 1. The van der Waals surface area contributed by atoms with E-state index in [1.807, 2.05) is 30.3 Å². The van der Waals surface area contributed by atoms with E-state index in [0.29, 0.717) is 13.0 Å². The normalized spacial score (nSPS) is 25.5. The highest BCUT2D eigenvalue weighted by molar-refractivity contribution is 7.89. The first-order valence-electron chi connectivity index (χ1n) is 10.4. The number of phenolic OH excluding ortho intramolecular Hbond substituents is 1. The minimum atomic E-state index is -3.91. The molecule has 4 rings (SSSR count). The first-order chi connectivity index (χ1) is 14.5. The number of hydrogen-bond acceptors (Lipinski definition) is 5. The summed E-state index contributed by atoms with van der Waals surface area (Å²) in [4.78, 5) is 12.0. The lowest BCUT2D eigenvalue weighted by atomic mass is 9.94. The third kappa shape index (κ3) is 4.15. The molecule has 0 spiro atoms. The van der Waals surface area contributed by atoms with E-state index in [4.69, 9.17) is 4.74 Å². The summed E-state index contributed by atoms with van der Waals surface area (Å²) in [5.41, 5.74) is 1.02. The molecule has 30 heavy (non-hydrogen) atoms. The number of aromatic hydroxyl groups is 1. The molecule has 160 valence electrons. The number of nitrogens with zero attached hydrogens (tertiary/aromatic N) is 1. The monoisotopic (exact) mass is 429 g/mol.